The summed E-state index contributed by atoms with van der Waals surface area (Å²) in [6.45, 7) is 5.76. The van der Waals surface area contributed by atoms with E-state index in [2.05, 4.69) is 26.0 Å². The molecular formula is C14H23BrN2O3S. The predicted octanol–water partition coefficient (Wildman–Crippen LogP) is 2.26. The summed E-state index contributed by atoms with van der Waals surface area (Å²) < 4.78 is 33.3. The van der Waals surface area contributed by atoms with E-state index in [-0.39, 0.29) is 10.9 Å². The van der Waals surface area contributed by atoms with Gasteiger partial charge in [0.05, 0.1) is 11.5 Å². The second-order valence-electron chi connectivity index (χ2n) is 4.73. The van der Waals surface area contributed by atoms with Crippen LogP contribution >= 0.6 is 15.9 Å². The van der Waals surface area contributed by atoms with Crippen molar-refractivity contribution in [3.63, 3.8) is 0 Å². The summed E-state index contributed by atoms with van der Waals surface area (Å²) >= 11 is 3.31. The van der Waals surface area contributed by atoms with Gasteiger partial charge in [-0.05, 0) is 46.6 Å². The van der Waals surface area contributed by atoms with Gasteiger partial charge >= 0.3 is 0 Å². The highest BCUT2D eigenvalue weighted by molar-refractivity contribution is 9.10. The SMILES string of the molecule is CCNCc1ccc(Br)c(S(=O)(=O)NC(CC)COC)c1. The van der Waals surface area contributed by atoms with Gasteiger partial charge in [-0.3, -0.25) is 0 Å². The zero-order valence-electron chi connectivity index (χ0n) is 12.6. The zero-order valence-corrected chi connectivity index (χ0v) is 15.1. The number of nitrogens with one attached hydrogen (secondary N) is 2. The molecule has 7 heteroatoms. The molecule has 0 saturated carbocycles. The summed E-state index contributed by atoms with van der Waals surface area (Å²) in [5.41, 5.74) is 0.931. The molecule has 1 aromatic rings. The van der Waals surface area contributed by atoms with Gasteiger partial charge < -0.3 is 10.1 Å². The van der Waals surface area contributed by atoms with Gasteiger partial charge in [-0.2, -0.15) is 0 Å². The molecule has 0 saturated heterocycles. The van der Waals surface area contributed by atoms with Gasteiger partial charge in [0.2, 0.25) is 10.0 Å². The van der Waals surface area contributed by atoms with E-state index in [1.807, 2.05) is 19.9 Å². The summed E-state index contributed by atoms with van der Waals surface area (Å²) in [6, 6.07) is 5.12. The molecule has 0 aliphatic heterocycles. The van der Waals surface area contributed by atoms with Gasteiger partial charge in [0.15, 0.2) is 0 Å². The predicted molar refractivity (Wildman–Crippen MR) is 87.8 cm³/mol. The van der Waals surface area contributed by atoms with Crippen LogP contribution in [0, 0.1) is 0 Å². The van der Waals surface area contributed by atoms with Crippen molar-refractivity contribution in [3.8, 4) is 0 Å². The maximum absolute atomic E-state index is 12.5. The van der Waals surface area contributed by atoms with Crippen LogP contribution in [0.5, 0.6) is 0 Å². The van der Waals surface area contributed by atoms with Crippen molar-refractivity contribution in [2.75, 3.05) is 20.3 Å². The molecule has 0 aliphatic rings. The Kier molecular flexibility index (Phi) is 7.83. The summed E-state index contributed by atoms with van der Waals surface area (Å²) in [6.07, 6.45) is 0.668. The third kappa shape index (κ3) is 5.67. The number of ether oxygens (including phenoxy) is 1. The Balaban J connectivity index is 3.00. The Morgan fingerprint density at radius 2 is 2.05 bits per heavy atom. The molecule has 0 aliphatic carbocycles. The molecule has 2 N–H and O–H groups in total. The van der Waals surface area contributed by atoms with Crippen LogP contribution in [0.25, 0.3) is 0 Å². The lowest BCUT2D eigenvalue weighted by molar-refractivity contribution is 0.173. The van der Waals surface area contributed by atoms with E-state index >= 15 is 0 Å². The van der Waals surface area contributed by atoms with E-state index in [0.29, 0.717) is 24.0 Å². The summed E-state index contributed by atoms with van der Waals surface area (Å²) in [7, 11) is -2.02. The second-order valence-corrected chi connectivity index (χ2v) is 7.26. The molecule has 0 amide bonds. The summed E-state index contributed by atoms with van der Waals surface area (Å²) in [5.74, 6) is 0. The van der Waals surface area contributed by atoms with E-state index in [4.69, 9.17) is 4.74 Å². The quantitative estimate of drug-likeness (QED) is 0.691. The minimum absolute atomic E-state index is 0.232. The fourth-order valence-electron chi connectivity index (χ4n) is 1.85. The van der Waals surface area contributed by atoms with Gasteiger partial charge in [-0.15, -0.1) is 0 Å². The van der Waals surface area contributed by atoms with Crippen LogP contribution in [0.1, 0.15) is 25.8 Å². The van der Waals surface area contributed by atoms with Crippen molar-refractivity contribution < 1.29 is 13.2 Å². The van der Waals surface area contributed by atoms with E-state index in [0.717, 1.165) is 12.1 Å². The molecule has 120 valence electrons. The van der Waals surface area contributed by atoms with Crippen LogP contribution < -0.4 is 10.0 Å². The van der Waals surface area contributed by atoms with Crippen LogP contribution in [0.4, 0.5) is 0 Å². The van der Waals surface area contributed by atoms with Crippen molar-refractivity contribution in [2.24, 2.45) is 0 Å². The second kappa shape index (κ2) is 8.85. The molecule has 1 aromatic carbocycles. The number of hydrogen-bond donors (Lipinski definition) is 2. The molecule has 0 heterocycles. The molecular weight excluding hydrogens is 356 g/mol. The van der Waals surface area contributed by atoms with Gasteiger partial charge in [0, 0.05) is 24.2 Å². The number of halogens is 1. The molecule has 1 rings (SSSR count). The number of sulfonamides is 1. The topological polar surface area (TPSA) is 67.4 Å². The largest absolute Gasteiger partial charge is 0.383 e. The smallest absolute Gasteiger partial charge is 0.242 e. The van der Waals surface area contributed by atoms with Gasteiger partial charge in [0.1, 0.15) is 0 Å². The molecule has 0 bridgehead atoms. The lowest BCUT2D eigenvalue weighted by Crippen LogP contribution is -2.37. The van der Waals surface area contributed by atoms with Crippen LogP contribution in [-0.4, -0.2) is 34.7 Å². The Morgan fingerprint density at radius 1 is 1.33 bits per heavy atom. The minimum Gasteiger partial charge on any atom is -0.383 e. The van der Waals surface area contributed by atoms with E-state index < -0.39 is 10.0 Å². The first kappa shape index (κ1) is 18.6. The van der Waals surface area contributed by atoms with Gasteiger partial charge in [-0.1, -0.05) is 19.9 Å². The number of hydrogen-bond acceptors (Lipinski definition) is 4. The maximum Gasteiger partial charge on any atom is 0.242 e. The lowest BCUT2D eigenvalue weighted by atomic mass is 10.2. The third-order valence-corrected chi connectivity index (χ3v) is 5.56. The zero-order chi connectivity index (χ0) is 15.9. The molecule has 0 spiro atoms. The average Bonchev–Trinajstić information content (AvgIpc) is 2.45. The molecule has 0 radical (unpaired) electrons. The number of rotatable bonds is 9. The third-order valence-electron chi connectivity index (χ3n) is 3.05. The van der Waals surface area contributed by atoms with Crippen molar-refractivity contribution in [3.05, 3.63) is 28.2 Å². The maximum atomic E-state index is 12.5. The van der Waals surface area contributed by atoms with Crippen LogP contribution in [0.15, 0.2) is 27.6 Å². The van der Waals surface area contributed by atoms with Crippen molar-refractivity contribution >= 4 is 26.0 Å². The highest BCUT2D eigenvalue weighted by Crippen LogP contribution is 2.23. The Hall–Kier alpha value is -0.470. The van der Waals surface area contributed by atoms with Gasteiger partial charge in [-0.25, -0.2) is 13.1 Å². The minimum atomic E-state index is -3.58. The molecule has 21 heavy (non-hydrogen) atoms. The fourth-order valence-corrected chi connectivity index (χ4v) is 4.17. The van der Waals surface area contributed by atoms with E-state index in [9.17, 15) is 8.42 Å². The first-order valence-corrected chi connectivity index (χ1v) is 9.22. The highest BCUT2D eigenvalue weighted by atomic mass is 79.9. The standard InChI is InChI=1S/C14H23BrN2O3S/c1-4-12(10-20-3)17-21(18,19)14-8-11(9-16-5-2)6-7-13(14)15/h6-8,12,16-17H,4-5,9-10H2,1-3H3. The molecule has 0 fully saturated rings. The first-order chi connectivity index (χ1) is 9.94. The monoisotopic (exact) mass is 378 g/mol. The number of benzene rings is 1. The molecule has 1 atom stereocenters. The molecule has 5 nitrogen and oxygen atoms in total. The van der Waals surface area contributed by atoms with Gasteiger partial charge in [0.25, 0.3) is 0 Å². The highest BCUT2D eigenvalue weighted by Gasteiger charge is 2.21. The Labute approximate surface area is 135 Å². The van der Waals surface area contributed by atoms with Crippen LogP contribution in [0.2, 0.25) is 0 Å². The normalized spacial score (nSPS) is 13.3. The summed E-state index contributed by atoms with van der Waals surface area (Å²) in [4.78, 5) is 0.257. The van der Waals surface area contributed by atoms with Crippen LogP contribution in [0.3, 0.4) is 0 Å². The van der Waals surface area contributed by atoms with Crippen molar-refractivity contribution in [1.82, 2.24) is 10.0 Å². The average molecular weight is 379 g/mol. The van der Waals surface area contributed by atoms with Crippen LogP contribution in [-0.2, 0) is 21.3 Å². The Morgan fingerprint density at radius 3 is 2.62 bits per heavy atom. The fraction of sp³-hybridized carbons (Fsp3) is 0.571. The van der Waals surface area contributed by atoms with Crippen molar-refractivity contribution in [2.45, 2.75) is 37.8 Å². The molecule has 0 aromatic heterocycles. The Bertz CT molecular complexity index is 549. The summed E-state index contributed by atoms with van der Waals surface area (Å²) in [5, 5.41) is 3.18. The van der Waals surface area contributed by atoms with Crippen molar-refractivity contribution in [1.29, 1.82) is 0 Å². The van der Waals surface area contributed by atoms with E-state index in [1.54, 1.807) is 19.2 Å². The first-order valence-electron chi connectivity index (χ1n) is 6.95. The number of methoxy groups -OCH3 is 1. The van der Waals surface area contributed by atoms with E-state index in [1.165, 1.54) is 0 Å². The molecule has 1 unspecified atom stereocenters. The lowest BCUT2D eigenvalue weighted by Gasteiger charge is -2.17.